The molecule has 0 amide bonds. The lowest BCUT2D eigenvalue weighted by atomic mass is 9.91. The highest BCUT2D eigenvalue weighted by Crippen LogP contribution is 2.40. The van der Waals surface area contributed by atoms with E-state index in [1.807, 2.05) is 18.2 Å². The van der Waals surface area contributed by atoms with Gasteiger partial charge in [0.25, 0.3) is 0 Å². The third kappa shape index (κ3) is 3.25. The summed E-state index contributed by atoms with van der Waals surface area (Å²) in [6.07, 6.45) is 1.23. The number of aromatic nitrogens is 1. The Bertz CT molecular complexity index is 946. The van der Waals surface area contributed by atoms with Crippen molar-refractivity contribution < 1.29 is 18.8 Å². The molecule has 1 fully saturated rings. The van der Waals surface area contributed by atoms with Crippen LogP contribution in [-0.4, -0.2) is 30.5 Å². The second-order valence-corrected chi connectivity index (χ2v) is 7.04. The molecule has 0 saturated carbocycles. The highest BCUT2D eigenvalue weighted by Gasteiger charge is 2.28. The van der Waals surface area contributed by atoms with Crippen LogP contribution in [0.25, 0.3) is 11.0 Å². The van der Waals surface area contributed by atoms with Crippen LogP contribution >= 0.6 is 0 Å². The van der Waals surface area contributed by atoms with Gasteiger partial charge in [-0.25, -0.2) is 4.39 Å². The Balaban J connectivity index is 1.57. The zero-order valence-electron chi connectivity index (χ0n) is 15.5. The molecule has 0 radical (unpaired) electrons. The van der Waals surface area contributed by atoms with Gasteiger partial charge in [0.05, 0.1) is 24.6 Å². The number of nitrogens with zero attached hydrogens (tertiary/aromatic N) is 2. The molecule has 1 aromatic heterocycles. The van der Waals surface area contributed by atoms with Gasteiger partial charge < -0.3 is 19.3 Å². The molecule has 0 spiro atoms. The number of ether oxygens (including phenoxy) is 1. The van der Waals surface area contributed by atoms with E-state index < -0.39 is 6.10 Å². The number of hydrogen-bond acceptors (Lipinski definition) is 5. The fourth-order valence-electron chi connectivity index (χ4n) is 3.98. The molecular formula is C21H23FN2O3. The topological polar surface area (TPSA) is 58.7 Å². The summed E-state index contributed by atoms with van der Waals surface area (Å²) in [5.74, 6) is 0.716. The molecule has 1 aliphatic heterocycles. The van der Waals surface area contributed by atoms with E-state index in [1.54, 1.807) is 20.1 Å². The zero-order valence-corrected chi connectivity index (χ0v) is 15.5. The molecule has 1 atom stereocenters. The van der Waals surface area contributed by atoms with Crippen molar-refractivity contribution in [2.75, 3.05) is 25.1 Å². The molecule has 1 unspecified atom stereocenters. The monoisotopic (exact) mass is 370 g/mol. The Morgan fingerprint density at radius 3 is 2.74 bits per heavy atom. The van der Waals surface area contributed by atoms with Crippen molar-refractivity contribution in [2.24, 2.45) is 0 Å². The van der Waals surface area contributed by atoms with E-state index in [9.17, 15) is 9.50 Å². The number of piperidine rings is 1. The highest BCUT2D eigenvalue weighted by atomic mass is 19.1. The Morgan fingerprint density at radius 2 is 2.04 bits per heavy atom. The van der Waals surface area contributed by atoms with E-state index in [4.69, 9.17) is 9.26 Å². The number of benzene rings is 2. The molecule has 0 aliphatic carbocycles. The van der Waals surface area contributed by atoms with Crippen LogP contribution in [0.2, 0.25) is 0 Å². The van der Waals surface area contributed by atoms with Gasteiger partial charge in [0.2, 0.25) is 0 Å². The first kappa shape index (κ1) is 17.8. The van der Waals surface area contributed by atoms with Crippen molar-refractivity contribution in [3.05, 3.63) is 53.5 Å². The average molecular weight is 370 g/mol. The first-order valence-electron chi connectivity index (χ1n) is 9.23. The minimum Gasteiger partial charge on any atom is -0.495 e. The smallest absolute Gasteiger partial charge is 0.170 e. The van der Waals surface area contributed by atoms with E-state index in [1.165, 1.54) is 12.1 Å². The normalized spacial score (nSPS) is 16.7. The maximum atomic E-state index is 13.4. The summed E-state index contributed by atoms with van der Waals surface area (Å²) in [5, 5.41) is 15.3. The summed E-state index contributed by atoms with van der Waals surface area (Å²) in [5.41, 5.74) is 3.23. The van der Waals surface area contributed by atoms with Gasteiger partial charge in [-0.1, -0.05) is 17.3 Å². The van der Waals surface area contributed by atoms with Crippen LogP contribution in [0.5, 0.6) is 5.75 Å². The summed E-state index contributed by atoms with van der Waals surface area (Å²) in [6, 6.07) is 10.3. The van der Waals surface area contributed by atoms with E-state index in [-0.39, 0.29) is 11.7 Å². The van der Waals surface area contributed by atoms with Crippen molar-refractivity contribution in [3.8, 4) is 5.75 Å². The predicted octanol–water partition coefficient (Wildman–Crippen LogP) is 4.41. The quantitative estimate of drug-likeness (QED) is 0.737. The molecule has 1 aliphatic rings. The van der Waals surface area contributed by atoms with E-state index >= 15 is 0 Å². The van der Waals surface area contributed by atoms with Crippen molar-refractivity contribution in [3.63, 3.8) is 0 Å². The Morgan fingerprint density at radius 1 is 1.26 bits per heavy atom. The van der Waals surface area contributed by atoms with Gasteiger partial charge in [-0.2, -0.15) is 0 Å². The molecule has 27 heavy (non-hydrogen) atoms. The lowest BCUT2D eigenvalue weighted by Crippen LogP contribution is -2.34. The van der Waals surface area contributed by atoms with Crippen molar-refractivity contribution in [1.82, 2.24) is 5.16 Å². The first-order chi connectivity index (χ1) is 13.1. The van der Waals surface area contributed by atoms with Gasteiger partial charge >= 0.3 is 0 Å². The second kappa shape index (κ2) is 7.19. The number of hydrogen-bond donors (Lipinski definition) is 1. The second-order valence-electron chi connectivity index (χ2n) is 7.04. The van der Waals surface area contributed by atoms with Gasteiger partial charge in [-0.05, 0) is 38.0 Å². The molecule has 5 nitrogen and oxygen atoms in total. The summed E-state index contributed by atoms with van der Waals surface area (Å²) < 4.78 is 24.2. The number of para-hydroxylation sites is 1. The fraction of sp³-hybridized carbons (Fsp3) is 0.381. The molecular weight excluding hydrogens is 347 g/mol. The van der Waals surface area contributed by atoms with Gasteiger partial charge in [0, 0.05) is 36.0 Å². The number of fused-ring (bicyclic) bond motifs is 1. The Labute approximate surface area is 157 Å². The summed E-state index contributed by atoms with van der Waals surface area (Å²) in [4.78, 5) is 2.26. The minimum atomic E-state index is -0.567. The summed E-state index contributed by atoms with van der Waals surface area (Å²) >= 11 is 0. The van der Waals surface area contributed by atoms with Crippen molar-refractivity contribution in [2.45, 2.75) is 31.8 Å². The number of halogens is 1. The van der Waals surface area contributed by atoms with Crippen LogP contribution < -0.4 is 9.64 Å². The molecule has 6 heteroatoms. The van der Waals surface area contributed by atoms with Crippen LogP contribution in [0.15, 0.2) is 40.9 Å². The number of aliphatic hydroxyl groups is 1. The zero-order chi connectivity index (χ0) is 19.0. The molecule has 0 bridgehead atoms. The summed E-state index contributed by atoms with van der Waals surface area (Å²) in [6.45, 7) is 3.41. The van der Waals surface area contributed by atoms with Crippen LogP contribution in [0.1, 0.15) is 43.0 Å². The molecule has 1 N–H and O–H groups in total. The molecule has 2 heterocycles. The number of anilines is 1. The van der Waals surface area contributed by atoms with Crippen molar-refractivity contribution in [1.29, 1.82) is 0 Å². The third-order valence-corrected chi connectivity index (χ3v) is 5.36. The maximum absolute atomic E-state index is 13.4. The molecule has 3 aromatic rings. The van der Waals surface area contributed by atoms with Gasteiger partial charge in [-0.3, -0.25) is 0 Å². The fourth-order valence-corrected chi connectivity index (χ4v) is 3.98. The molecule has 142 valence electrons. The van der Waals surface area contributed by atoms with Gasteiger partial charge in [-0.15, -0.1) is 0 Å². The van der Waals surface area contributed by atoms with Crippen molar-refractivity contribution >= 4 is 16.7 Å². The number of rotatable bonds is 4. The molecule has 2 aromatic carbocycles. The maximum Gasteiger partial charge on any atom is 0.170 e. The lowest BCUT2D eigenvalue weighted by molar-refractivity contribution is 0.199. The van der Waals surface area contributed by atoms with Crippen LogP contribution in [-0.2, 0) is 0 Å². The minimum absolute atomic E-state index is 0.262. The van der Waals surface area contributed by atoms with E-state index in [0.717, 1.165) is 54.0 Å². The molecule has 4 rings (SSSR count). The highest BCUT2D eigenvalue weighted by molar-refractivity contribution is 5.80. The van der Waals surface area contributed by atoms with E-state index in [0.29, 0.717) is 5.58 Å². The number of methoxy groups -OCH3 is 1. The van der Waals surface area contributed by atoms with Gasteiger partial charge in [0.15, 0.2) is 5.58 Å². The first-order valence-corrected chi connectivity index (χ1v) is 9.23. The predicted molar refractivity (Wildman–Crippen MR) is 102 cm³/mol. The number of aliphatic hydroxyl groups excluding tert-OH is 1. The Kier molecular flexibility index (Phi) is 4.74. The van der Waals surface area contributed by atoms with Gasteiger partial charge in [0.1, 0.15) is 11.6 Å². The van der Waals surface area contributed by atoms with Crippen LogP contribution in [0.3, 0.4) is 0 Å². The average Bonchev–Trinajstić information content (AvgIpc) is 3.10. The summed E-state index contributed by atoms with van der Waals surface area (Å²) in [7, 11) is 1.65. The largest absolute Gasteiger partial charge is 0.495 e. The van der Waals surface area contributed by atoms with Crippen LogP contribution in [0, 0.1) is 5.82 Å². The Hall–Kier alpha value is -2.60. The SMILES string of the molecule is COc1cccc(C(C)O)c1N1CCC(c2noc3cc(F)ccc23)CC1. The van der Waals surface area contributed by atoms with Crippen LogP contribution in [0.4, 0.5) is 10.1 Å². The third-order valence-electron chi connectivity index (χ3n) is 5.36. The molecule has 1 saturated heterocycles. The van der Waals surface area contributed by atoms with E-state index in [2.05, 4.69) is 10.1 Å². The lowest BCUT2D eigenvalue weighted by Gasteiger charge is -2.35. The standard InChI is InChI=1S/C21H23FN2O3/c1-13(25)16-4-3-5-18(26-2)21(16)24-10-8-14(9-11-24)20-17-7-6-15(22)12-19(17)27-23-20/h3-7,12-14,25H,8-11H2,1-2H3.